The minimum Gasteiger partial charge on any atom is -0.458 e. The molecular formula is C6H10Cl2N2O2. The molecule has 0 amide bonds. The Kier molecular flexibility index (Phi) is 12.2. The molecule has 0 aromatic rings. The molecule has 0 unspecified atom stereocenters. The number of carbonyl (C=O) groups is 1. The van der Waals surface area contributed by atoms with Gasteiger partial charge in [-0.15, -0.1) is 23.2 Å². The van der Waals surface area contributed by atoms with Gasteiger partial charge in [0.2, 0.25) is 0 Å². The van der Waals surface area contributed by atoms with Crippen molar-refractivity contribution >= 4 is 35.4 Å². The first-order valence-corrected chi connectivity index (χ1v) is 4.04. The Labute approximate surface area is 81.0 Å². The van der Waals surface area contributed by atoms with E-state index in [1.807, 2.05) is 0 Å². The monoisotopic (exact) mass is 212 g/mol. The molecule has 12 heavy (non-hydrogen) atoms. The molecule has 0 aromatic heterocycles. The van der Waals surface area contributed by atoms with Crippen LogP contribution < -0.4 is 0 Å². The molecule has 0 saturated carbocycles. The molecule has 0 radical (unpaired) electrons. The minimum absolute atomic E-state index is 0.222. The zero-order chi connectivity index (χ0) is 9.98. The van der Waals surface area contributed by atoms with Gasteiger partial charge in [0.15, 0.2) is 0 Å². The Morgan fingerprint density at radius 3 is 2.42 bits per heavy atom. The number of ether oxygens (including phenoxy) is 1. The Morgan fingerprint density at radius 2 is 2.17 bits per heavy atom. The zero-order valence-corrected chi connectivity index (χ0v) is 8.34. The van der Waals surface area contributed by atoms with E-state index in [1.54, 1.807) is 13.8 Å². The van der Waals surface area contributed by atoms with Gasteiger partial charge in [0.25, 0.3) is 0 Å². The molecule has 4 nitrogen and oxygen atoms in total. The average Bonchev–Trinajstić information content (AvgIpc) is 1.87. The summed E-state index contributed by atoms with van der Waals surface area (Å²) in [5.41, 5.74) is 7.73. The summed E-state index contributed by atoms with van der Waals surface area (Å²) in [6, 6.07) is 0. The van der Waals surface area contributed by atoms with E-state index in [0.717, 1.165) is 0 Å². The van der Waals surface area contributed by atoms with E-state index in [-0.39, 0.29) is 4.84 Å². The Bertz CT molecular complexity index is 164. The summed E-state index contributed by atoms with van der Waals surface area (Å²) in [6.07, 6.45) is 0.698. The molecule has 0 bridgehead atoms. The van der Waals surface area contributed by atoms with Crippen LogP contribution in [0.2, 0.25) is 0 Å². The quantitative estimate of drug-likeness (QED) is 0.230. The lowest BCUT2D eigenvalue weighted by Crippen LogP contribution is -2.04. The van der Waals surface area contributed by atoms with Crippen LogP contribution >= 0.6 is 23.2 Å². The normalized spacial score (nSPS) is 7.75. The fourth-order valence-electron chi connectivity index (χ4n) is 0.227. The van der Waals surface area contributed by atoms with E-state index >= 15 is 0 Å². The van der Waals surface area contributed by atoms with Gasteiger partial charge in [-0.05, 0) is 13.8 Å². The third kappa shape index (κ3) is 22.7. The lowest BCUT2D eigenvalue weighted by atomic mass is 10.7. The van der Waals surface area contributed by atoms with E-state index in [2.05, 4.69) is 9.53 Å². The van der Waals surface area contributed by atoms with Gasteiger partial charge >= 0.3 is 12.2 Å². The molecule has 0 aliphatic heterocycles. The number of hydrogen-bond acceptors (Lipinski definition) is 2. The van der Waals surface area contributed by atoms with Gasteiger partial charge in [-0.1, -0.05) is 0 Å². The molecule has 70 valence electrons. The summed E-state index contributed by atoms with van der Waals surface area (Å²) in [5.74, 6) is -0.630. The number of alkyl halides is 2. The van der Waals surface area contributed by atoms with Crippen LogP contribution in [-0.4, -0.2) is 28.4 Å². The first-order chi connectivity index (χ1) is 5.54. The molecule has 0 fully saturated rings. The third-order valence-electron chi connectivity index (χ3n) is 0.450. The molecule has 0 aliphatic rings. The van der Waals surface area contributed by atoms with Crippen molar-refractivity contribution in [2.24, 2.45) is 0 Å². The average molecular weight is 213 g/mol. The maximum atomic E-state index is 10.1. The smallest absolute Gasteiger partial charge is 0.413 e. The molecule has 0 heterocycles. The number of esters is 1. The summed E-state index contributed by atoms with van der Waals surface area (Å²) in [4.78, 5) is 12.3. The number of halogens is 2. The van der Waals surface area contributed by atoms with Crippen molar-refractivity contribution in [1.29, 1.82) is 0 Å². The molecule has 6 heteroatoms. The summed E-state index contributed by atoms with van der Waals surface area (Å²) < 4.78 is 4.33. The van der Waals surface area contributed by atoms with E-state index in [1.165, 1.54) is 0 Å². The van der Waals surface area contributed by atoms with E-state index in [4.69, 9.17) is 28.7 Å². The predicted octanol–water partition coefficient (Wildman–Crippen LogP) is 1.66. The number of carbonyl (C=O) groups excluding carboxylic acids is 1. The van der Waals surface area contributed by atoms with Gasteiger partial charge < -0.3 is 10.3 Å². The highest BCUT2D eigenvalue weighted by atomic mass is 35.5. The van der Waals surface area contributed by atoms with Gasteiger partial charge in [-0.2, -0.15) is 4.79 Å². The lowest BCUT2D eigenvalue weighted by Gasteiger charge is -1.86. The van der Waals surface area contributed by atoms with Crippen LogP contribution in [0.5, 0.6) is 0 Å². The van der Waals surface area contributed by atoms with E-state index in [0.29, 0.717) is 12.8 Å². The summed E-state index contributed by atoms with van der Waals surface area (Å²) in [6.45, 7) is 3.66. The highest BCUT2D eigenvalue weighted by Crippen LogP contribution is 1.95. The van der Waals surface area contributed by atoms with Gasteiger partial charge in [0.1, 0.15) is 4.84 Å². The maximum Gasteiger partial charge on any atom is 0.413 e. The third-order valence-corrected chi connectivity index (χ3v) is 0.450. The maximum absolute atomic E-state index is 10.1. The van der Waals surface area contributed by atoms with Gasteiger partial charge in [-0.3, -0.25) is 0 Å². The van der Waals surface area contributed by atoms with Crippen molar-refractivity contribution in [3.63, 3.8) is 0 Å². The predicted molar refractivity (Wildman–Crippen MR) is 47.5 cm³/mol. The SMILES string of the molecule is CC(Cl)Cl.CCOC(=O)C=[N+]=[N-]. The largest absolute Gasteiger partial charge is 0.458 e. The van der Waals surface area contributed by atoms with Crippen molar-refractivity contribution in [3.8, 4) is 0 Å². The Balaban J connectivity index is 0. The Hall–Kier alpha value is -0.570. The number of hydrogen-bond donors (Lipinski definition) is 0. The van der Waals surface area contributed by atoms with Crippen LogP contribution in [0.1, 0.15) is 13.8 Å². The summed E-state index contributed by atoms with van der Waals surface area (Å²) in [5, 5.41) is 0. The molecule has 0 saturated heterocycles. The molecule has 0 aromatic carbocycles. The first kappa shape index (κ1) is 14.0. The molecule has 0 spiro atoms. The highest BCUT2D eigenvalue weighted by Gasteiger charge is 1.97. The van der Waals surface area contributed by atoms with E-state index < -0.39 is 5.97 Å². The van der Waals surface area contributed by atoms with Gasteiger partial charge in [-0.25, -0.2) is 4.79 Å². The minimum atomic E-state index is -0.630. The van der Waals surface area contributed by atoms with Crippen LogP contribution in [0.15, 0.2) is 0 Å². The molecule has 0 N–H and O–H groups in total. The van der Waals surface area contributed by atoms with Crippen LogP contribution in [-0.2, 0) is 9.53 Å². The first-order valence-electron chi connectivity index (χ1n) is 3.16. The van der Waals surface area contributed by atoms with Crippen LogP contribution in [0.3, 0.4) is 0 Å². The van der Waals surface area contributed by atoms with Crippen molar-refractivity contribution < 1.29 is 14.3 Å². The lowest BCUT2D eigenvalue weighted by molar-refractivity contribution is -0.138. The second-order valence-electron chi connectivity index (χ2n) is 1.52. The van der Waals surface area contributed by atoms with E-state index in [9.17, 15) is 4.79 Å². The standard InChI is InChI=1S/C4H6N2O2.C2H4Cl2/c1-2-8-4(7)3-6-5;1-2(3)4/h3H,2H2,1H3;2H,1H3. The summed E-state index contributed by atoms with van der Waals surface area (Å²) >= 11 is 10.1. The van der Waals surface area contributed by atoms with Gasteiger partial charge in [0, 0.05) is 0 Å². The van der Waals surface area contributed by atoms with Gasteiger partial charge in [0.05, 0.1) is 6.61 Å². The molecule has 0 aliphatic carbocycles. The fourth-order valence-corrected chi connectivity index (χ4v) is 0.227. The van der Waals surface area contributed by atoms with Crippen molar-refractivity contribution in [2.75, 3.05) is 6.61 Å². The Morgan fingerprint density at radius 1 is 1.75 bits per heavy atom. The molecule has 0 atom stereocenters. The molecule has 0 rings (SSSR count). The fraction of sp³-hybridized carbons (Fsp3) is 0.667. The number of nitrogens with zero attached hydrogens (tertiary/aromatic N) is 2. The van der Waals surface area contributed by atoms with Crippen molar-refractivity contribution in [1.82, 2.24) is 0 Å². The second-order valence-corrected chi connectivity index (χ2v) is 3.05. The topological polar surface area (TPSA) is 62.7 Å². The summed E-state index contributed by atoms with van der Waals surface area (Å²) in [7, 11) is 0. The van der Waals surface area contributed by atoms with Crippen molar-refractivity contribution in [2.45, 2.75) is 18.7 Å². The zero-order valence-electron chi connectivity index (χ0n) is 6.83. The number of rotatable bonds is 2. The van der Waals surface area contributed by atoms with Crippen LogP contribution in [0.4, 0.5) is 0 Å². The van der Waals surface area contributed by atoms with Crippen molar-refractivity contribution in [3.05, 3.63) is 5.53 Å². The second kappa shape index (κ2) is 10.4. The molecular weight excluding hydrogens is 203 g/mol. The van der Waals surface area contributed by atoms with Crippen LogP contribution in [0.25, 0.3) is 5.53 Å². The highest BCUT2D eigenvalue weighted by molar-refractivity contribution is 6.43. The van der Waals surface area contributed by atoms with Crippen LogP contribution in [0, 0.1) is 0 Å².